The number of aromatic hydroxyl groups is 1. The highest BCUT2D eigenvalue weighted by atomic mass is 32.2. The molecule has 4 aromatic carbocycles. The number of benzene rings is 4. The van der Waals surface area contributed by atoms with Gasteiger partial charge >= 0.3 is 0 Å². The average molecular weight is 596 g/mol. The Morgan fingerprint density at radius 1 is 1.00 bits per heavy atom. The van der Waals surface area contributed by atoms with E-state index in [0.29, 0.717) is 12.1 Å². The van der Waals surface area contributed by atoms with Gasteiger partial charge in [-0.2, -0.15) is 0 Å². The fourth-order valence-corrected chi connectivity index (χ4v) is 7.50. The van der Waals surface area contributed by atoms with Gasteiger partial charge in [-0.15, -0.1) is 11.8 Å². The number of nitrogens with zero attached hydrogens (tertiary/aromatic N) is 2. The number of rotatable bonds is 8. The van der Waals surface area contributed by atoms with E-state index in [9.17, 15) is 24.6 Å². The maximum Gasteiger partial charge on any atom is 0.255 e. The molecule has 220 valence electrons. The molecule has 3 N–H and O–H groups in total. The minimum Gasteiger partial charge on any atom is -0.508 e. The summed E-state index contributed by atoms with van der Waals surface area (Å²) in [4.78, 5) is 43.3. The van der Waals surface area contributed by atoms with Crippen LogP contribution in [0.15, 0.2) is 91.0 Å². The topological polar surface area (TPSA) is 110 Å². The summed E-state index contributed by atoms with van der Waals surface area (Å²) >= 11 is 1.50. The zero-order valence-electron chi connectivity index (χ0n) is 23.9. The third kappa shape index (κ3) is 5.13. The monoisotopic (exact) mass is 595 g/mol. The maximum absolute atomic E-state index is 13.8. The molecule has 3 amide bonds. The Bertz CT molecular complexity index is 1710. The second-order valence-corrected chi connectivity index (χ2v) is 12.6. The van der Waals surface area contributed by atoms with Crippen LogP contribution in [0.5, 0.6) is 5.75 Å². The van der Waals surface area contributed by atoms with E-state index in [1.54, 1.807) is 24.0 Å². The SMILES string of the molecule is Cc1c(O)cccc1C(=O)N[C@@H](Cc1ccccc1)[C@H](O)C(=O)N1CSC2(C)[C@H]1C(=O)N2Cc1cccc2ccccc12. The smallest absolute Gasteiger partial charge is 0.255 e. The minimum atomic E-state index is -1.59. The minimum absolute atomic E-state index is 0.0196. The summed E-state index contributed by atoms with van der Waals surface area (Å²) in [5.41, 5.74) is 2.51. The first kappa shape index (κ1) is 28.8. The second-order valence-electron chi connectivity index (χ2n) is 11.3. The number of fused-ring (bicyclic) bond motifs is 2. The van der Waals surface area contributed by atoms with Crippen LogP contribution in [0.3, 0.4) is 0 Å². The Kier molecular flexibility index (Phi) is 7.62. The van der Waals surface area contributed by atoms with Gasteiger partial charge in [0.05, 0.1) is 11.9 Å². The van der Waals surface area contributed by atoms with E-state index in [4.69, 9.17) is 0 Å². The van der Waals surface area contributed by atoms with E-state index in [1.807, 2.05) is 79.7 Å². The van der Waals surface area contributed by atoms with Crippen molar-refractivity contribution in [1.82, 2.24) is 15.1 Å². The lowest BCUT2D eigenvalue weighted by Crippen LogP contribution is -2.73. The molecule has 6 rings (SSSR count). The molecule has 2 fully saturated rings. The summed E-state index contributed by atoms with van der Waals surface area (Å²) in [5, 5.41) is 26.6. The Morgan fingerprint density at radius 2 is 1.70 bits per heavy atom. The summed E-state index contributed by atoms with van der Waals surface area (Å²) in [7, 11) is 0. The molecule has 0 aromatic heterocycles. The van der Waals surface area contributed by atoms with Crippen molar-refractivity contribution in [1.29, 1.82) is 0 Å². The van der Waals surface area contributed by atoms with Crippen LogP contribution in [0.1, 0.15) is 34.0 Å². The highest BCUT2D eigenvalue weighted by Crippen LogP contribution is 2.51. The van der Waals surface area contributed by atoms with Crippen molar-refractivity contribution in [3.8, 4) is 5.75 Å². The summed E-state index contributed by atoms with van der Waals surface area (Å²) in [6.45, 7) is 4.01. The molecule has 0 aliphatic carbocycles. The lowest BCUT2D eigenvalue weighted by molar-refractivity contribution is -0.168. The zero-order valence-corrected chi connectivity index (χ0v) is 24.8. The molecule has 4 aromatic rings. The predicted octanol–water partition coefficient (Wildman–Crippen LogP) is 4.22. The van der Waals surface area contributed by atoms with Gasteiger partial charge in [0.15, 0.2) is 6.10 Å². The van der Waals surface area contributed by atoms with E-state index in [1.165, 1.54) is 22.7 Å². The number of aliphatic hydroxyl groups excluding tert-OH is 1. The molecular formula is C34H33N3O5S. The number of carbonyl (C=O) groups excluding carboxylic acids is 3. The molecule has 2 aliphatic rings. The molecule has 1 unspecified atom stereocenters. The molecule has 0 bridgehead atoms. The first-order chi connectivity index (χ1) is 20.7. The lowest BCUT2D eigenvalue weighted by atomic mass is 9.91. The van der Waals surface area contributed by atoms with E-state index in [0.717, 1.165) is 21.9 Å². The van der Waals surface area contributed by atoms with Gasteiger partial charge in [-0.1, -0.05) is 78.9 Å². The van der Waals surface area contributed by atoms with Gasteiger partial charge in [0.2, 0.25) is 5.91 Å². The number of hydrogen-bond acceptors (Lipinski definition) is 6. The quantitative estimate of drug-likeness (QED) is 0.263. The first-order valence-corrected chi connectivity index (χ1v) is 15.2. The standard InChI is InChI=1S/C34H33N3O5S/c1-21-25(16-9-17-28(21)38)31(40)35-27(18-22-10-4-3-5-11-22)29(39)32(41)36-20-43-34(2)30(36)33(42)37(34)19-24-14-8-13-23-12-6-7-15-26(23)24/h3-17,27,29-30,38-39H,18-20H2,1-2H3,(H,35,40)/t27-,29-,30+,34?/m0/s1. The molecule has 43 heavy (non-hydrogen) atoms. The maximum atomic E-state index is 13.8. The normalized spacial score (nSPS) is 20.8. The predicted molar refractivity (Wildman–Crippen MR) is 166 cm³/mol. The van der Waals surface area contributed by atoms with Gasteiger partial charge in [-0.3, -0.25) is 14.4 Å². The summed E-state index contributed by atoms with van der Waals surface area (Å²) in [6.07, 6.45) is -1.40. The molecule has 2 saturated heterocycles. The van der Waals surface area contributed by atoms with Gasteiger partial charge in [0.1, 0.15) is 16.7 Å². The molecule has 0 radical (unpaired) electrons. The summed E-state index contributed by atoms with van der Waals surface area (Å²) in [5.74, 6) is -1.06. The molecule has 9 heteroatoms. The number of carbonyl (C=O) groups is 3. The fraction of sp³-hybridized carbons (Fsp3) is 0.265. The largest absolute Gasteiger partial charge is 0.508 e. The molecule has 2 heterocycles. The zero-order chi connectivity index (χ0) is 30.3. The number of nitrogens with one attached hydrogen (secondary N) is 1. The van der Waals surface area contributed by atoms with E-state index < -0.39 is 34.9 Å². The summed E-state index contributed by atoms with van der Waals surface area (Å²) in [6, 6.07) is 26.3. The van der Waals surface area contributed by atoms with Crippen molar-refractivity contribution >= 4 is 40.3 Å². The van der Waals surface area contributed by atoms with Crippen molar-refractivity contribution < 1.29 is 24.6 Å². The lowest BCUT2D eigenvalue weighted by Gasteiger charge is -2.53. The van der Waals surface area contributed by atoms with Crippen LogP contribution in [0.25, 0.3) is 10.8 Å². The van der Waals surface area contributed by atoms with Gasteiger partial charge in [-0.25, -0.2) is 0 Å². The van der Waals surface area contributed by atoms with Crippen molar-refractivity contribution in [3.05, 3.63) is 113 Å². The van der Waals surface area contributed by atoms with Crippen LogP contribution < -0.4 is 5.32 Å². The van der Waals surface area contributed by atoms with E-state index in [2.05, 4.69) is 5.32 Å². The fourth-order valence-electron chi connectivity index (χ4n) is 6.12. The Balaban J connectivity index is 1.22. The van der Waals surface area contributed by atoms with Crippen LogP contribution in [0.4, 0.5) is 0 Å². The number of phenolic OH excluding ortho intramolecular Hbond substituents is 1. The Hall–Kier alpha value is -4.34. The van der Waals surface area contributed by atoms with Crippen molar-refractivity contribution in [2.45, 2.75) is 49.9 Å². The van der Waals surface area contributed by atoms with Gasteiger partial charge in [0.25, 0.3) is 11.8 Å². The van der Waals surface area contributed by atoms with Gasteiger partial charge in [0, 0.05) is 17.7 Å². The van der Waals surface area contributed by atoms with E-state index >= 15 is 0 Å². The van der Waals surface area contributed by atoms with Crippen LogP contribution >= 0.6 is 11.8 Å². The van der Waals surface area contributed by atoms with Crippen molar-refractivity contribution in [2.75, 3.05) is 5.88 Å². The molecule has 2 aliphatic heterocycles. The number of β-lactam (4-membered cyclic amide) rings is 1. The van der Waals surface area contributed by atoms with Crippen LogP contribution in [0, 0.1) is 6.92 Å². The van der Waals surface area contributed by atoms with Gasteiger partial charge in [-0.05, 0) is 54.3 Å². The second kappa shape index (κ2) is 11.4. The first-order valence-electron chi connectivity index (χ1n) is 14.2. The summed E-state index contributed by atoms with van der Waals surface area (Å²) < 4.78 is 0. The highest BCUT2D eigenvalue weighted by Gasteiger charge is 2.65. The molecule has 0 saturated carbocycles. The molecule has 4 atom stereocenters. The van der Waals surface area contributed by atoms with Gasteiger partial charge < -0.3 is 25.3 Å². The number of phenols is 1. The number of amides is 3. The number of thioether (sulfide) groups is 1. The highest BCUT2D eigenvalue weighted by molar-refractivity contribution is 8.01. The Labute approximate surface area is 254 Å². The number of hydrogen-bond donors (Lipinski definition) is 3. The Morgan fingerprint density at radius 3 is 2.49 bits per heavy atom. The van der Waals surface area contributed by atoms with Crippen LogP contribution in [-0.4, -0.2) is 66.7 Å². The third-order valence-corrected chi connectivity index (χ3v) is 10.1. The van der Waals surface area contributed by atoms with Crippen LogP contribution in [0.2, 0.25) is 0 Å². The molecule has 8 nitrogen and oxygen atoms in total. The van der Waals surface area contributed by atoms with Crippen molar-refractivity contribution in [3.63, 3.8) is 0 Å². The number of likely N-dealkylation sites (tertiary alicyclic amines) is 1. The third-order valence-electron chi connectivity index (χ3n) is 8.64. The average Bonchev–Trinajstić information content (AvgIpc) is 3.34. The molecule has 0 spiro atoms. The molecular weight excluding hydrogens is 562 g/mol. The van der Waals surface area contributed by atoms with E-state index in [-0.39, 0.29) is 29.5 Å². The van der Waals surface area contributed by atoms with Crippen LogP contribution in [-0.2, 0) is 22.6 Å². The number of aliphatic hydroxyl groups is 1. The van der Waals surface area contributed by atoms with Crippen molar-refractivity contribution in [2.24, 2.45) is 0 Å².